The summed E-state index contributed by atoms with van der Waals surface area (Å²) in [5.74, 6) is 1.58. The van der Waals surface area contributed by atoms with Crippen molar-refractivity contribution in [1.29, 1.82) is 0 Å². The van der Waals surface area contributed by atoms with Gasteiger partial charge in [0.2, 0.25) is 0 Å². The second-order valence-electron chi connectivity index (χ2n) is 3.00. The third kappa shape index (κ3) is 3.37. The topological polar surface area (TPSA) is 55.5 Å². The molecular formula is C11H15NO2S2. The van der Waals surface area contributed by atoms with Crippen molar-refractivity contribution in [1.82, 2.24) is 0 Å². The lowest BCUT2D eigenvalue weighted by molar-refractivity contribution is 0.201. The van der Waals surface area contributed by atoms with E-state index in [1.54, 1.807) is 11.8 Å². The third-order valence-electron chi connectivity index (χ3n) is 1.88. The molecule has 3 N–H and O–H groups in total. The van der Waals surface area contributed by atoms with Crippen LogP contribution < -0.4 is 10.5 Å². The van der Waals surface area contributed by atoms with Crippen LogP contribution in [-0.4, -0.2) is 29.1 Å². The molecule has 1 aromatic carbocycles. The van der Waals surface area contributed by atoms with Crippen molar-refractivity contribution in [3.8, 4) is 5.75 Å². The molecule has 0 aliphatic carbocycles. The zero-order valence-electron chi connectivity index (χ0n) is 9.10. The third-order valence-corrected chi connectivity index (χ3v) is 3.03. The molecule has 0 aromatic heterocycles. The summed E-state index contributed by atoms with van der Waals surface area (Å²) in [5.41, 5.74) is 6.45. The maximum Gasteiger partial charge on any atom is 0.130 e. The number of rotatable bonds is 6. The number of nitrogens with two attached hydrogens (primary N) is 1. The van der Waals surface area contributed by atoms with Crippen molar-refractivity contribution in [3.05, 3.63) is 23.8 Å². The molecule has 0 atom stereocenters. The van der Waals surface area contributed by atoms with E-state index in [1.165, 1.54) is 0 Å². The van der Waals surface area contributed by atoms with Crippen LogP contribution in [0.15, 0.2) is 23.1 Å². The Balaban J connectivity index is 3.05. The second kappa shape index (κ2) is 6.73. The van der Waals surface area contributed by atoms with Crippen LogP contribution in [0.2, 0.25) is 0 Å². The van der Waals surface area contributed by atoms with E-state index in [0.29, 0.717) is 10.7 Å². The number of hydrogen-bond donors (Lipinski definition) is 2. The van der Waals surface area contributed by atoms with Crippen molar-refractivity contribution in [3.63, 3.8) is 0 Å². The van der Waals surface area contributed by atoms with Crippen molar-refractivity contribution in [2.45, 2.75) is 11.8 Å². The van der Waals surface area contributed by atoms with Gasteiger partial charge in [0, 0.05) is 4.90 Å². The van der Waals surface area contributed by atoms with Crippen LogP contribution in [0.5, 0.6) is 5.75 Å². The van der Waals surface area contributed by atoms with Crippen LogP contribution in [0.1, 0.15) is 12.5 Å². The van der Waals surface area contributed by atoms with Crippen molar-refractivity contribution >= 4 is 29.0 Å². The predicted molar refractivity (Wildman–Crippen MR) is 71.3 cm³/mol. The fourth-order valence-electron chi connectivity index (χ4n) is 1.31. The molecule has 5 heteroatoms. The SMILES string of the molecule is CCSc1cccc(OCCO)c1C(N)=S. The van der Waals surface area contributed by atoms with Gasteiger partial charge in [0.1, 0.15) is 17.3 Å². The van der Waals surface area contributed by atoms with E-state index in [1.807, 2.05) is 18.2 Å². The van der Waals surface area contributed by atoms with Crippen LogP contribution in [0.3, 0.4) is 0 Å². The van der Waals surface area contributed by atoms with Crippen LogP contribution in [0.25, 0.3) is 0 Å². The highest BCUT2D eigenvalue weighted by molar-refractivity contribution is 7.99. The molecular weight excluding hydrogens is 242 g/mol. The molecule has 0 fully saturated rings. The smallest absolute Gasteiger partial charge is 0.130 e. The Labute approximate surface area is 105 Å². The standard InChI is InChI=1S/C11H15NO2S2/c1-2-16-9-5-3-4-8(14-7-6-13)10(9)11(12)15/h3-5,13H,2,6-7H2,1H3,(H2,12,15). The summed E-state index contributed by atoms with van der Waals surface area (Å²) in [6.45, 7) is 2.28. The number of aliphatic hydroxyl groups is 1. The summed E-state index contributed by atoms with van der Waals surface area (Å²) < 4.78 is 5.40. The Hall–Kier alpha value is -0.780. The lowest BCUT2D eigenvalue weighted by Gasteiger charge is -2.13. The van der Waals surface area contributed by atoms with Gasteiger partial charge in [0.25, 0.3) is 0 Å². The predicted octanol–water partition coefficient (Wildman–Crippen LogP) is 1.80. The minimum absolute atomic E-state index is 0.0259. The summed E-state index contributed by atoms with van der Waals surface area (Å²) >= 11 is 6.69. The van der Waals surface area contributed by atoms with Gasteiger partial charge in [-0.1, -0.05) is 25.2 Å². The summed E-state index contributed by atoms with van der Waals surface area (Å²) in [4.78, 5) is 1.34. The maximum atomic E-state index is 8.74. The van der Waals surface area contributed by atoms with Crippen LogP contribution in [0.4, 0.5) is 0 Å². The average Bonchev–Trinajstić information content (AvgIpc) is 2.26. The van der Waals surface area contributed by atoms with Crippen LogP contribution in [-0.2, 0) is 0 Å². The number of hydrogen-bond acceptors (Lipinski definition) is 4. The molecule has 16 heavy (non-hydrogen) atoms. The lowest BCUT2D eigenvalue weighted by Crippen LogP contribution is -2.14. The molecule has 0 radical (unpaired) electrons. The summed E-state index contributed by atoms with van der Waals surface area (Å²) in [6.07, 6.45) is 0. The molecule has 0 aliphatic heterocycles. The highest BCUT2D eigenvalue weighted by Gasteiger charge is 2.11. The number of thioether (sulfide) groups is 1. The molecule has 1 aromatic rings. The van der Waals surface area contributed by atoms with E-state index >= 15 is 0 Å². The number of aliphatic hydroxyl groups excluding tert-OH is 1. The quantitative estimate of drug-likeness (QED) is 0.601. The van der Waals surface area contributed by atoms with Crippen molar-refractivity contribution in [2.24, 2.45) is 5.73 Å². The molecule has 88 valence electrons. The minimum atomic E-state index is -0.0259. The normalized spacial score (nSPS) is 10.1. The molecule has 1 rings (SSSR count). The van der Waals surface area contributed by atoms with Gasteiger partial charge in [-0.05, 0) is 17.9 Å². The van der Waals surface area contributed by atoms with E-state index in [-0.39, 0.29) is 13.2 Å². The summed E-state index contributed by atoms with van der Waals surface area (Å²) in [6, 6.07) is 5.67. The Morgan fingerprint density at radius 3 is 2.88 bits per heavy atom. The van der Waals surface area contributed by atoms with E-state index in [2.05, 4.69) is 6.92 Å². The average molecular weight is 257 g/mol. The molecule has 3 nitrogen and oxygen atoms in total. The van der Waals surface area contributed by atoms with Gasteiger partial charge in [-0.3, -0.25) is 0 Å². The first-order valence-electron chi connectivity index (χ1n) is 5.00. The first-order chi connectivity index (χ1) is 7.70. The molecule has 0 saturated heterocycles. The van der Waals surface area contributed by atoms with E-state index in [4.69, 9.17) is 27.8 Å². The van der Waals surface area contributed by atoms with E-state index < -0.39 is 0 Å². The van der Waals surface area contributed by atoms with E-state index in [0.717, 1.165) is 16.2 Å². The van der Waals surface area contributed by atoms with Crippen molar-refractivity contribution in [2.75, 3.05) is 19.0 Å². The molecule has 0 spiro atoms. The summed E-state index contributed by atoms with van der Waals surface area (Å²) in [5, 5.41) is 8.74. The Kier molecular flexibility index (Phi) is 5.59. The highest BCUT2D eigenvalue weighted by atomic mass is 32.2. The van der Waals surface area contributed by atoms with Gasteiger partial charge in [-0.2, -0.15) is 0 Å². The molecule has 0 amide bonds. The van der Waals surface area contributed by atoms with Gasteiger partial charge >= 0.3 is 0 Å². The first kappa shape index (κ1) is 13.3. The Morgan fingerprint density at radius 2 is 2.31 bits per heavy atom. The fourth-order valence-corrected chi connectivity index (χ4v) is 2.42. The highest BCUT2D eigenvalue weighted by Crippen LogP contribution is 2.29. The Bertz CT molecular complexity index is 369. The maximum absolute atomic E-state index is 8.74. The Morgan fingerprint density at radius 1 is 1.56 bits per heavy atom. The zero-order valence-corrected chi connectivity index (χ0v) is 10.7. The van der Waals surface area contributed by atoms with Crippen molar-refractivity contribution < 1.29 is 9.84 Å². The molecule has 0 heterocycles. The van der Waals surface area contributed by atoms with Gasteiger partial charge < -0.3 is 15.6 Å². The molecule has 0 bridgehead atoms. The van der Waals surface area contributed by atoms with Gasteiger partial charge in [-0.25, -0.2) is 0 Å². The number of benzene rings is 1. The molecule has 0 unspecified atom stereocenters. The largest absolute Gasteiger partial charge is 0.490 e. The summed E-state index contributed by atoms with van der Waals surface area (Å²) in [7, 11) is 0. The van der Waals surface area contributed by atoms with Gasteiger partial charge in [-0.15, -0.1) is 11.8 Å². The van der Waals surface area contributed by atoms with Crippen LogP contribution >= 0.6 is 24.0 Å². The van der Waals surface area contributed by atoms with E-state index in [9.17, 15) is 0 Å². The van der Waals surface area contributed by atoms with Gasteiger partial charge in [0.15, 0.2) is 0 Å². The molecule has 0 aliphatic rings. The van der Waals surface area contributed by atoms with Gasteiger partial charge in [0.05, 0.1) is 12.2 Å². The zero-order chi connectivity index (χ0) is 12.0. The number of ether oxygens (including phenoxy) is 1. The fraction of sp³-hybridized carbons (Fsp3) is 0.364. The molecule has 0 saturated carbocycles. The van der Waals surface area contributed by atoms with Crippen LogP contribution in [0, 0.1) is 0 Å². The second-order valence-corrected chi connectivity index (χ2v) is 4.74. The minimum Gasteiger partial charge on any atom is -0.490 e. The monoisotopic (exact) mass is 257 g/mol. The lowest BCUT2D eigenvalue weighted by atomic mass is 10.2. The number of thiocarbonyl (C=S) groups is 1. The first-order valence-corrected chi connectivity index (χ1v) is 6.39.